The molecule has 0 radical (unpaired) electrons. The van der Waals surface area contributed by atoms with Crippen LogP contribution in [0.15, 0.2) is 84.9 Å². The highest BCUT2D eigenvalue weighted by molar-refractivity contribution is 6.03. The number of carbonyl (C=O) groups is 1. The van der Waals surface area contributed by atoms with Crippen molar-refractivity contribution in [3.8, 4) is 22.5 Å². The topological polar surface area (TPSA) is 50.2 Å². The summed E-state index contributed by atoms with van der Waals surface area (Å²) >= 11 is 0. The fourth-order valence-corrected chi connectivity index (χ4v) is 3.92. The Morgan fingerprint density at radius 3 is 2.30 bits per heavy atom. The quantitative estimate of drug-likeness (QED) is 0.540. The second-order valence-electron chi connectivity index (χ2n) is 7.65. The lowest BCUT2D eigenvalue weighted by Gasteiger charge is -2.15. The standard InChI is InChI=1S/C25H22N4O/c1-28(2)19-14-12-18(13-15-19)23-16-22(17-8-4-3-5-9-17)27-29(23)24-20-10-6-7-11-21(20)26-25(24)30/h3-16,24H,1-2H3,(H,26,30)/t24-/m1/s1. The third-order valence-electron chi connectivity index (χ3n) is 5.49. The van der Waals surface area contributed by atoms with Crippen molar-refractivity contribution < 1.29 is 4.79 Å². The van der Waals surface area contributed by atoms with Gasteiger partial charge in [-0.05, 0) is 29.8 Å². The lowest BCUT2D eigenvalue weighted by atomic mass is 10.1. The Bertz CT molecular complexity index is 1210. The molecule has 3 aromatic carbocycles. The molecule has 2 heterocycles. The van der Waals surface area contributed by atoms with Crippen LogP contribution in [0.25, 0.3) is 22.5 Å². The molecular weight excluding hydrogens is 372 g/mol. The monoisotopic (exact) mass is 394 g/mol. The van der Waals surface area contributed by atoms with Crippen LogP contribution in [0.3, 0.4) is 0 Å². The summed E-state index contributed by atoms with van der Waals surface area (Å²) in [7, 11) is 4.04. The molecule has 0 bridgehead atoms. The average molecular weight is 394 g/mol. The van der Waals surface area contributed by atoms with Gasteiger partial charge in [0.25, 0.3) is 5.91 Å². The number of rotatable bonds is 4. The van der Waals surface area contributed by atoms with Crippen molar-refractivity contribution in [3.63, 3.8) is 0 Å². The number of fused-ring (bicyclic) bond motifs is 1. The highest BCUT2D eigenvalue weighted by Gasteiger charge is 2.34. The largest absolute Gasteiger partial charge is 0.378 e. The summed E-state index contributed by atoms with van der Waals surface area (Å²) in [5.74, 6) is -0.0647. The molecule has 5 rings (SSSR count). The third-order valence-corrected chi connectivity index (χ3v) is 5.49. The number of anilines is 2. The van der Waals surface area contributed by atoms with Crippen LogP contribution in [0.5, 0.6) is 0 Å². The zero-order chi connectivity index (χ0) is 20.7. The summed E-state index contributed by atoms with van der Waals surface area (Å²) in [6.07, 6.45) is 0. The number of para-hydroxylation sites is 1. The molecule has 1 aromatic heterocycles. The second-order valence-corrected chi connectivity index (χ2v) is 7.65. The number of amides is 1. The zero-order valence-electron chi connectivity index (χ0n) is 16.9. The Hall–Kier alpha value is -3.86. The van der Waals surface area contributed by atoms with Gasteiger partial charge in [-0.15, -0.1) is 0 Å². The minimum Gasteiger partial charge on any atom is -0.378 e. The predicted molar refractivity (Wildman–Crippen MR) is 121 cm³/mol. The molecule has 1 amide bonds. The first-order chi connectivity index (χ1) is 14.6. The van der Waals surface area contributed by atoms with Crippen molar-refractivity contribution in [2.24, 2.45) is 0 Å². The highest BCUT2D eigenvalue weighted by Crippen LogP contribution is 2.37. The SMILES string of the molecule is CN(C)c1ccc(-c2cc(-c3ccccc3)nn2[C@H]2C(=O)Nc3ccccc32)cc1. The lowest BCUT2D eigenvalue weighted by Crippen LogP contribution is -2.21. The van der Waals surface area contributed by atoms with Crippen LogP contribution in [0, 0.1) is 0 Å². The Balaban J connectivity index is 1.68. The molecule has 1 aliphatic heterocycles. The first kappa shape index (κ1) is 18.2. The number of benzene rings is 3. The molecule has 1 N–H and O–H groups in total. The molecule has 30 heavy (non-hydrogen) atoms. The Morgan fingerprint density at radius 1 is 0.867 bits per heavy atom. The summed E-state index contributed by atoms with van der Waals surface area (Å²) in [4.78, 5) is 15.0. The van der Waals surface area contributed by atoms with Crippen LogP contribution in [0.1, 0.15) is 11.6 Å². The van der Waals surface area contributed by atoms with Gasteiger partial charge in [-0.1, -0.05) is 60.7 Å². The van der Waals surface area contributed by atoms with Gasteiger partial charge < -0.3 is 10.2 Å². The molecule has 0 unspecified atom stereocenters. The molecule has 0 aliphatic carbocycles. The van der Waals surface area contributed by atoms with Crippen LogP contribution in [0.4, 0.5) is 11.4 Å². The van der Waals surface area contributed by atoms with Crippen molar-refractivity contribution in [2.75, 3.05) is 24.3 Å². The molecular formula is C25H22N4O. The summed E-state index contributed by atoms with van der Waals surface area (Å²) in [5, 5.41) is 7.88. The number of hydrogen-bond acceptors (Lipinski definition) is 3. The average Bonchev–Trinajstić information content (AvgIpc) is 3.34. The maximum atomic E-state index is 12.9. The van der Waals surface area contributed by atoms with Gasteiger partial charge in [0.05, 0.1) is 11.4 Å². The number of aromatic nitrogens is 2. The van der Waals surface area contributed by atoms with Crippen LogP contribution >= 0.6 is 0 Å². The van der Waals surface area contributed by atoms with E-state index in [4.69, 9.17) is 5.10 Å². The van der Waals surface area contributed by atoms with E-state index in [0.717, 1.165) is 39.5 Å². The first-order valence-corrected chi connectivity index (χ1v) is 9.94. The zero-order valence-corrected chi connectivity index (χ0v) is 16.9. The van der Waals surface area contributed by atoms with Crippen molar-refractivity contribution >= 4 is 17.3 Å². The minimum atomic E-state index is -0.498. The van der Waals surface area contributed by atoms with E-state index >= 15 is 0 Å². The van der Waals surface area contributed by atoms with E-state index in [1.807, 2.05) is 73.4 Å². The van der Waals surface area contributed by atoms with Gasteiger partial charge in [0.15, 0.2) is 6.04 Å². The van der Waals surface area contributed by atoms with E-state index in [2.05, 4.69) is 40.5 Å². The molecule has 4 aromatic rings. The summed E-state index contributed by atoms with van der Waals surface area (Å²) < 4.78 is 1.86. The molecule has 1 atom stereocenters. The normalized spacial score (nSPS) is 15.0. The van der Waals surface area contributed by atoms with E-state index in [1.54, 1.807) is 0 Å². The maximum Gasteiger partial charge on any atom is 0.253 e. The van der Waals surface area contributed by atoms with E-state index in [9.17, 15) is 4.79 Å². The van der Waals surface area contributed by atoms with E-state index in [1.165, 1.54) is 0 Å². The minimum absolute atomic E-state index is 0.0647. The number of hydrogen-bond donors (Lipinski definition) is 1. The lowest BCUT2D eigenvalue weighted by molar-refractivity contribution is -0.117. The van der Waals surface area contributed by atoms with Crippen molar-refractivity contribution in [3.05, 3.63) is 90.5 Å². The van der Waals surface area contributed by atoms with Gasteiger partial charge in [-0.25, -0.2) is 4.68 Å². The third kappa shape index (κ3) is 3.05. The van der Waals surface area contributed by atoms with E-state index < -0.39 is 6.04 Å². The highest BCUT2D eigenvalue weighted by atomic mass is 16.2. The second kappa shape index (κ2) is 7.19. The Kier molecular flexibility index (Phi) is 4.36. The predicted octanol–water partition coefficient (Wildman–Crippen LogP) is 4.82. The molecule has 0 saturated carbocycles. The van der Waals surface area contributed by atoms with Crippen molar-refractivity contribution in [1.29, 1.82) is 0 Å². The fraction of sp³-hybridized carbons (Fsp3) is 0.120. The Labute approximate surface area is 175 Å². The van der Waals surface area contributed by atoms with Crippen LogP contribution in [0.2, 0.25) is 0 Å². The van der Waals surface area contributed by atoms with Gasteiger partial charge in [0, 0.05) is 36.6 Å². The molecule has 5 nitrogen and oxygen atoms in total. The molecule has 0 fully saturated rings. The van der Waals surface area contributed by atoms with Crippen molar-refractivity contribution in [2.45, 2.75) is 6.04 Å². The van der Waals surface area contributed by atoms with Crippen LogP contribution in [-0.2, 0) is 4.79 Å². The van der Waals surface area contributed by atoms with Gasteiger partial charge >= 0.3 is 0 Å². The van der Waals surface area contributed by atoms with E-state index in [-0.39, 0.29) is 5.91 Å². The number of carbonyl (C=O) groups excluding carboxylic acids is 1. The number of nitrogens with zero attached hydrogens (tertiary/aromatic N) is 3. The number of nitrogens with one attached hydrogen (secondary N) is 1. The molecule has 148 valence electrons. The summed E-state index contributed by atoms with van der Waals surface area (Å²) in [5.41, 5.74) is 6.71. The van der Waals surface area contributed by atoms with Gasteiger partial charge in [0.2, 0.25) is 0 Å². The van der Waals surface area contributed by atoms with Crippen LogP contribution in [-0.4, -0.2) is 29.8 Å². The summed E-state index contributed by atoms with van der Waals surface area (Å²) in [6, 6.07) is 27.7. The van der Waals surface area contributed by atoms with E-state index in [0.29, 0.717) is 0 Å². The van der Waals surface area contributed by atoms with Gasteiger partial charge in [-0.2, -0.15) is 5.10 Å². The smallest absolute Gasteiger partial charge is 0.253 e. The van der Waals surface area contributed by atoms with Crippen LogP contribution < -0.4 is 10.2 Å². The molecule has 0 spiro atoms. The molecule has 0 saturated heterocycles. The molecule has 1 aliphatic rings. The maximum absolute atomic E-state index is 12.9. The Morgan fingerprint density at radius 2 is 1.57 bits per heavy atom. The first-order valence-electron chi connectivity index (χ1n) is 9.94. The molecule has 5 heteroatoms. The fourth-order valence-electron chi connectivity index (χ4n) is 3.92. The van der Waals surface area contributed by atoms with Gasteiger partial charge in [0.1, 0.15) is 0 Å². The van der Waals surface area contributed by atoms with Gasteiger partial charge in [-0.3, -0.25) is 4.79 Å². The van der Waals surface area contributed by atoms with Crippen molar-refractivity contribution in [1.82, 2.24) is 9.78 Å². The summed E-state index contributed by atoms with van der Waals surface area (Å²) in [6.45, 7) is 0.